The van der Waals surface area contributed by atoms with Gasteiger partial charge in [-0.3, -0.25) is 0 Å². The molecule has 1 N–H and O–H groups in total. The fourth-order valence-electron chi connectivity index (χ4n) is 1.60. The van der Waals surface area contributed by atoms with Gasteiger partial charge in [-0.05, 0) is 22.3 Å². The van der Waals surface area contributed by atoms with E-state index >= 15 is 0 Å². The largest absolute Gasteiger partial charge is 0.395 e. The van der Waals surface area contributed by atoms with Crippen molar-refractivity contribution in [1.29, 1.82) is 1.43 Å². The van der Waals surface area contributed by atoms with E-state index in [2.05, 4.69) is 5.11 Å². The van der Waals surface area contributed by atoms with E-state index in [0.717, 1.165) is 0 Å². The van der Waals surface area contributed by atoms with Gasteiger partial charge in [0, 0.05) is 7.26 Å². The van der Waals surface area contributed by atoms with Gasteiger partial charge in [0.15, 0.2) is 0 Å². The molecule has 1 aliphatic carbocycles. The number of rotatable bonds is 2. The van der Waals surface area contributed by atoms with Crippen molar-refractivity contribution in [3.05, 3.63) is 59.5 Å². The van der Waals surface area contributed by atoms with Crippen LogP contribution < -0.4 is 0 Å². The summed E-state index contributed by atoms with van der Waals surface area (Å²) < 4.78 is 95.6. The van der Waals surface area contributed by atoms with Gasteiger partial charge in [0.2, 0.25) is 1.43 Å². The highest BCUT2D eigenvalue weighted by Gasteiger charge is 2.26. The van der Waals surface area contributed by atoms with Gasteiger partial charge in [-0.2, -0.15) is 0 Å². The maximum atomic E-state index is 8.74. The minimum Gasteiger partial charge on any atom is -0.395 e. The molecule has 15 heavy (non-hydrogen) atoms. The molecule has 0 spiro atoms. The molecule has 3 rings (SSSR count). The SMILES string of the molecule is [2H]OC([2H])([2H])C1([2H])c2c([2H])c([2H])c([2H])c([2H])c2-c2c([2H])c([2H])c([2H])c([2H])c21. The van der Waals surface area contributed by atoms with Crippen LogP contribution in [0.1, 0.15) is 32.1 Å². The Bertz CT molecular complexity index is 930. The fourth-order valence-corrected chi connectivity index (χ4v) is 1.60. The second-order valence-corrected chi connectivity index (χ2v) is 2.98. The predicted octanol–water partition coefficient (Wildman–Crippen LogP) is 2.79. The van der Waals surface area contributed by atoms with Crippen LogP contribution >= 0.6 is 0 Å². The molecule has 0 aromatic heterocycles. The summed E-state index contributed by atoms with van der Waals surface area (Å²) in [4.78, 5) is 0. The van der Waals surface area contributed by atoms with E-state index in [1.54, 1.807) is 0 Å². The van der Waals surface area contributed by atoms with Crippen molar-refractivity contribution in [2.45, 2.75) is 5.89 Å². The Morgan fingerprint density at radius 3 is 2.20 bits per heavy atom. The standard InChI is InChI=1S/C14H12O/c15-9-14-12-7-3-1-5-10(12)11-6-2-4-8-13(11)14/h1-8,14-15H,9H2/i1D,2D,3D,4D,5D,6D,7D,8D,9D2,14D,15D. The molecule has 0 saturated heterocycles. The molecule has 0 saturated carbocycles. The summed E-state index contributed by atoms with van der Waals surface area (Å²) in [5.41, 5.74) is -1.96. The topological polar surface area (TPSA) is 20.2 Å². The van der Waals surface area contributed by atoms with Crippen LogP contribution in [0.2, 0.25) is 0 Å². The molecule has 1 heteroatoms. The first-order valence-corrected chi connectivity index (χ1v) is 4.20. The maximum Gasteiger partial charge on any atom is 0.210 e. The van der Waals surface area contributed by atoms with E-state index in [-0.39, 0.29) is 11.1 Å². The van der Waals surface area contributed by atoms with E-state index in [4.69, 9.17) is 16.5 Å². The summed E-state index contributed by atoms with van der Waals surface area (Å²) in [6.07, 6.45) is 0. The van der Waals surface area contributed by atoms with Gasteiger partial charge in [-0.25, -0.2) is 0 Å². The highest BCUT2D eigenvalue weighted by atomic mass is 16.3. The molecule has 2 aromatic carbocycles. The van der Waals surface area contributed by atoms with Crippen molar-refractivity contribution >= 4 is 0 Å². The summed E-state index contributed by atoms with van der Waals surface area (Å²) in [6.45, 7) is -3.18. The van der Waals surface area contributed by atoms with E-state index in [9.17, 15) is 0 Å². The second-order valence-electron chi connectivity index (χ2n) is 2.98. The lowest BCUT2D eigenvalue weighted by Gasteiger charge is -2.08. The van der Waals surface area contributed by atoms with E-state index in [0.29, 0.717) is 0 Å². The van der Waals surface area contributed by atoms with Crippen molar-refractivity contribution in [2.24, 2.45) is 0 Å². The third-order valence-electron chi connectivity index (χ3n) is 2.23. The van der Waals surface area contributed by atoms with Gasteiger partial charge in [0.25, 0.3) is 0 Å². The summed E-state index contributed by atoms with van der Waals surface area (Å²) >= 11 is 0. The monoisotopic (exact) mass is 208 g/mol. The van der Waals surface area contributed by atoms with Crippen LogP contribution in [0.3, 0.4) is 0 Å². The molecule has 0 unspecified atom stereocenters. The molecule has 0 bridgehead atoms. The molecule has 0 heterocycles. The average Bonchev–Trinajstić information content (AvgIpc) is 2.92. The molecular weight excluding hydrogens is 184 g/mol. The van der Waals surface area contributed by atoms with Crippen LogP contribution in [0.15, 0.2) is 48.3 Å². The molecule has 0 amide bonds. The Morgan fingerprint density at radius 2 is 1.67 bits per heavy atom. The Balaban J connectivity index is 2.70. The Hall–Kier alpha value is -1.60. The van der Waals surface area contributed by atoms with Crippen molar-refractivity contribution in [3.63, 3.8) is 0 Å². The lowest BCUT2D eigenvalue weighted by atomic mass is 9.98. The van der Waals surface area contributed by atoms with Crippen LogP contribution in [0.25, 0.3) is 11.1 Å². The Kier molecular flexibility index (Phi) is 0.588. The summed E-state index contributed by atoms with van der Waals surface area (Å²) in [7, 11) is 0. The average molecular weight is 208 g/mol. The quantitative estimate of drug-likeness (QED) is 0.804. The van der Waals surface area contributed by atoms with Crippen LogP contribution in [-0.2, 0) is 0 Å². The molecule has 1 nitrogen and oxygen atoms in total. The Morgan fingerprint density at radius 1 is 1.13 bits per heavy atom. The predicted molar refractivity (Wildman–Crippen MR) is 60.8 cm³/mol. The first-order valence-electron chi connectivity index (χ1n) is 10.1. The zero-order chi connectivity index (χ0) is 20.6. The van der Waals surface area contributed by atoms with Crippen molar-refractivity contribution in [1.82, 2.24) is 0 Å². The van der Waals surface area contributed by atoms with E-state index in [1.165, 1.54) is 0 Å². The molecule has 0 radical (unpaired) electrons. The van der Waals surface area contributed by atoms with Crippen molar-refractivity contribution in [2.75, 3.05) is 6.56 Å². The zero-order valence-electron chi connectivity index (χ0n) is 19.4. The number of hydrogen-bond donors (Lipinski definition) is 1. The highest BCUT2D eigenvalue weighted by molar-refractivity contribution is 5.78. The van der Waals surface area contributed by atoms with Gasteiger partial charge in [-0.1, -0.05) is 48.3 Å². The second kappa shape index (κ2) is 3.21. The van der Waals surface area contributed by atoms with Crippen LogP contribution in [0, 0.1) is 0 Å². The van der Waals surface area contributed by atoms with Crippen molar-refractivity contribution in [3.8, 4) is 11.1 Å². The summed E-state index contributed by atoms with van der Waals surface area (Å²) in [5.74, 6) is -2.81. The van der Waals surface area contributed by atoms with Crippen LogP contribution in [0.4, 0.5) is 0 Å². The molecule has 0 aliphatic heterocycles. The van der Waals surface area contributed by atoms with Crippen molar-refractivity contribution < 1.29 is 20.2 Å². The Labute approximate surface area is 106 Å². The molecular formula is C14H12O. The first-order chi connectivity index (χ1) is 12.3. The summed E-state index contributed by atoms with van der Waals surface area (Å²) in [6, 6.07) is -5.73. The first kappa shape index (κ1) is 2.74. The smallest absolute Gasteiger partial charge is 0.210 e. The number of hydrogen-bond acceptors (Lipinski definition) is 1. The van der Waals surface area contributed by atoms with E-state index < -0.39 is 71.9 Å². The highest BCUT2D eigenvalue weighted by Crippen LogP contribution is 2.43. The van der Waals surface area contributed by atoms with Gasteiger partial charge in [0.1, 0.15) is 0 Å². The van der Waals surface area contributed by atoms with Gasteiger partial charge < -0.3 is 5.11 Å². The third-order valence-corrected chi connectivity index (χ3v) is 2.23. The van der Waals surface area contributed by atoms with Gasteiger partial charge >= 0.3 is 0 Å². The van der Waals surface area contributed by atoms with E-state index in [1.807, 2.05) is 0 Å². The number of fused-ring (bicyclic) bond motifs is 3. The number of benzene rings is 2. The molecule has 0 atom stereocenters. The molecule has 74 valence electrons. The number of aliphatic hydroxyl groups is 1. The summed E-state index contributed by atoms with van der Waals surface area (Å²) in [5, 5.41) is 4.06. The minimum absolute atomic E-state index is 0.390. The fraction of sp³-hybridized carbons (Fsp3) is 0.143. The molecule has 1 aliphatic rings. The van der Waals surface area contributed by atoms with Gasteiger partial charge in [0.05, 0.1) is 20.3 Å². The minimum atomic E-state index is -3.18. The lowest BCUT2D eigenvalue weighted by molar-refractivity contribution is 0.282. The van der Waals surface area contributed by atoms with Crippen LogP contribution in [-0.4, -0.2) is 13.1 Å². The molecule has 2 aromatic rings. The third kappa shape index (κ3) is 1.13. The van der Waals surface area contributed by atoms with Crippen LogP contribution in [0.5, 0.6) is 0 Å². The maximum absolute atomic E-state index is 8.74. The molecule has 0 fully saturated rings. The normalized spacial score (nSPS) is 28.0. The lowest BCUT2D eigenvalue weighted by Crippen LogP contribution is -2.01. The van der Waals surface area contributed by atoms with Gasteiger partial charge in [-0.15, -0.1) is 0 Å². The zero-order valence-corrected chi connectivity index (χ0v) is 7.41.